The van der Waals surface area contributed by atoms with Gasteiger partial charge < -0.3 is 9.72 Å². The molecule has 1 aliphatic heterocycles. The number of carbonyl (C=O) groups is 3. The van der Waals surface area contributed by atoms with E-state index in [4.69, 9.17) is 4.98 Å². The summed E-state index contributed by atoms with van der Waals surface area (Å²) < 4.78 is 1.96. The number of fused-ring (bicyclic) bond motifs is 2. The predicted molar refractivity (Wildman–Crippen MR) is 120 cm³/mol. The maximum Gasteiger partial charge on any atom is 0.262 e. The van der Waals surface area contributed by atoms with E-state index in [9.17, 15) is 14.4 Å². The molecule has 7 heteroatoms. The first-order chi connectivity index (χ1) is 15.4. The molecule has 3 heterocycles. The number of aryl methyl sites for hydroxylation is 1. The normalized spacial score (nSPS) is 14.0. The Bertz CT molecular complexity index is 1370. The van der Waals surface area contributed by atoms with Gasteiger partial charge >= 0.3 is 0 Å². The summed E-state index contributed by atoms with van der Waals surface area (Å²) in [6, 6.07) is 16.9. The number of rotatable bonds is 4. The Morgan fingerprint density at radius 2 is 1.69 bits per heavy atom. The summed E-state index contributed by atoms with van der Waals surface area (Å²) in [7, 11) is 0. The summed E-state index contributed by atoms with van der Waals surface area (Å²) in [5.74, 6) is -1.35. The maximum absolute atomic E-state index is 12.9. The van der Waals surface area contributed by atoms with Gasteiger partial charge in [0.05, 0.1) is 16.8 Å². The van der Waals surface area contributed by atoms with Crippen LogP contribution in [0.4, 0.5) is 5.69 Å². The molecule has 1 aliphatic rings. The van der Waals surface area contributed by atoms with Crippen molar-refractivity contribution in [2.24, 2.45) is 0 Å². The molecule has 1 N–H and O–H groups in total. The molecule has 2 aromatic carbocycles. The van der Waals surface area contributed by atoms with E-state index in [0.717, 1.165) is 27.4 Å². The van der Waals surface area contributed by atoms with Gasteiger partial charge in [-0.05, 0) is 49.7 Å². The summed E-state index contributed by atoms with van der Waals surface area (Å²) >= 11 is 0. The lowest BCUT2D eigenvalue weighted by atomic mass is 10.1. The van der Waals surface area contributed by atoms with Crippen LogP contribution in [0.15, 0.2) is 73.1 Å². The largest absolute Gasteiger partial charge is 0.324 e. The van der Waals surface area contributed by atoms with Crippen molar-refractivity contribution < 1.29 is 14.4 Å². The third-order valence-corrected chi connectivity index (χ3v) is 5.70. The van der Waals surface area contributed by atoms with Gasteiger partial charge in [0.15, 0.2) is 0 Å². The van der Waals surface area contributed by atoms with E-state index in [1.807, 2.05) is 54.0 Å². The van der Waals surface area contributed by atoms with E-state index >= 15 is 0 Å². The van der Waals surface area contributed by atoms with E-state index in [1.54, 1.807) is 37.3 Å². The van der Waals surface area contributed by atoms with Gasteiger partial charge in [0.2, 0.25) is 5.91 Å². The molecule has 7 nitrogen and oxygen atoms in total. The number of carbonyl (C=O) groups excluding carboxylic acids is 3. The zero-order valence-electron chi connectivity index (χ0n) is 17.6. The fourth-order valence-electron chi connectivity index (χ4n) is 3.97. The first kappa shape index (κ1) is 19.7. The minimum atomic E-state index is -0.955. The monoisotopic (exact) mass is 424 g/mol. The van der Waals surface area contributed by atoms with Crippen LogP contribution < -0.4 is 5.32 Å². The minimum Gasteiger partial charge on any atom is -0.324 e. The van der Waals surface area contributed by atoms with Crippen LogP contribution in [0.25, 0.3) is 16.9 Å². The highest BCUT2D eigenvalue weighted by molar-refractivity contribution is 6.23. The number of imidazole rings is 1. The van der Waals surface area contributed by atoms with E-state index in [-0.39, 0.29) is 0 Å². The van der Waals surface area contributed by atoms with Crippen LogP contribution in [-0.2, 0) is 4.79 Å². The maximum atomic E-state index is 12.9. The molecule has 32 heavy (non-hydrogen) atoms. The molecular weight excluding hydrogens is 404 g/mol. The van der Waals surface area contributed by atoms with Crippen molar-refractivity contribution in [3.63, 3.8) is 0 Å². The van der Waals surface area contributed by atoms with Crippen molar-refractivity contribution in [2.45, 2.75) is 19.9 Å². The summed E-state index contributed by atoms with van der Waals surface area (Å²) in [5.41, 5.74) is 4.77. The smallest absolute Gasteiger partial charge is 0.262 e. The highest BCUT2D eigenvalue weighted by atomic mass is 16.2. The van der Waals surface area contributed by atoms with Gasteiger partial charge in [-0.15, -0.1) is 0 Å². The number of benzene rings is 2. The number of aromatic nitrogens is 2. The van der Waals surface area contributed by atoms with Crippen LogP contribution in [0.1, 0.15) is 33.2 Å². The quantitative estimate of drug-likeness (QED) is 0.503. The highest BCUT2D eigenvalue weighted by Gasteiger charge is 2.40. The lowest BCUT2D eigenvalue weighted by Crippen LogP contribution is -2.45. The topological polar surface area (TPSA) is 83.8 Å². The molecule has 0 unspecified atom stereocenters. The second-order valence-corrected chi connectivity index (χ2v) is 7.82. The average Bonchev–Trinajstić information content (AvgIpc) is 3.34. The number of nitrogens with zero attached hydrogens (tertiary/aromatic N) is 3. The Morgan fingerprint density at radius 1 is 0.969 bits per heavy atom. The summed E-state index contributed by atoms with van der Waals surface area (Å²) in [4.78, 5) is 43.9. The lowest BCUT2D eigenvalue weighted by Gasteiger charge is -2.21. The Labute approximate surface area is 184 Å². The summed E-state index contributed by atoms with van der Waals surface area (Å²) in [6.45, 7) is 3.55. The summed E-state index contributed by atoms with van der Waals surface area (Å²) in [5, 5.41) is 2.82. The number of imide groups is 1. The van der Waals surface area contributed by atoms with E-state index in [2.05, 4.69) is 5.32 Å². The third-order valence-electron chi connectivity index (χ3n) is 5.70. The van der Waals surface area contributed by atoms with Gasteiger partial charge in [-0.1, -0.05) is 30.3 Å². The van der Waals surface area contributed by atoms with Gasteiger partial charge in [-0.3, -0.25) is 19.3 Å². The molecule has 4 aromatic rings. The molecule has 5 rings (SSSR count). The van der Waals surface area contributed by atoms with Crippen molar-refractivity contribution in [1.29, 1.82) is 0 Å². The van der Waals surface area contributed by atoms with Crippen LogP contribution in [0.3, 0.4) is 0 Å². The van der Waals surface area contributed by atoms with Crippen LogP contribution >= 0.6 is 0 Å². The number of hydrogen-bond acceptors (Lipinski definition) is 4. The molecule has 0 aliphatic carbocycles. The van der Waals surface area contributed by atoms with Crippen LogP contribution in [0.2, 0.25) is 0 Å². The number of nitrogens with one attached hydrogen (secondary N) is 1. The zero-order valence-corrected chi connectivity index (χ0v) is 17.6. The molecule has 2 aromatic heterocycles. The third kappa shape index (κ3) is 3.15. The Hall–Kier alpha value is -4.26. The van der Waals surface area contributed by atoms with E-state index < -0.39 is 23.8 Å². The van der Waals surface area contributed by atoms with Gasteiger partial charge in [-0.2, -0.15) is 0 Å². The van der Waals surface area contributed by atoms with Crippen molar-refractivity contribution in [3.8, 4) is 11.3 Å². The molecule has 0 radical (unpaired) electrons. The zero-order chi connectivity index (χ0) is 22.4. The van der Waals surface area contributed by atoms with Crippen molar-refractivity contribution in [3.05, 3.63) is 89.7 Å². The minimum absolute atomic E-state index is 0.321. The standard InChI is InChI=1S/C25H20N4O3/c1-15-7-6-12-28-14-21(27-22(15)28)17-8-5-9-18(13-17)26-23(30)16(2)29-24(31)19-10-3-4-11-20(19)25(29)32/h3-14,16H,1-2H3,(H,26,30)/t16-/m0/s1. The van der Waals surface area contributed by atoms with Crippen LogP contribution in [0, 0.1) is 6.92 Å². The first-order valence-corrected chi connectivity index (χ1v) is 10.3. The van der Waals surface area contributed by atoms with Crippen LogP contribution in [-0.4, -0.2) is 38.0 Å². The van der Waals surface area contributed by atoms with Gasteiger partial charge in [0.1, 0.15) is 11.7 Å². The first-order valence-electron chi connectivity index (χ1n) is 10.3. The number of amides is 3. The fraction of sp³-hybridized carbons (Fsp3) is 0.120. The van der Waals surface area contributed by atoms with Crippen molar-refractivity contribution >= 4 is 29.1 Å². The van der Waals surface area contributed by atoms with E-state index in [1.165, 1.54) is 0 Å². The van der Waals surface area contributed by atoms with Gasteiger partial charge in [0, 0.05) is 23.6 Å². The highest BCUT2D eigenvalue weighted by Crippen LogP contribution is 2.26. The molecule has 0 bridgehead atoms. The molecular formula is C25H20N4O3. The molecule has 158 valence electrons. The predicted octanol–water partition coefficient (Wildman–Crippen LogP) is 3.93. The Morgan fingerprint density at radius 3 is 2.38 bits per heavy atom. The number of pyridine rings is 1. The van der Waals surface area contributed by atoms with Crippen molar-refractivity contribution in [1.82, 2.24) is 14.3 Å². The Balaban J connectivity index is 1.38. The van der Waals surface area contributed by atoms with Gasteiger partial charge in [-0.25, -0.2) is 4.98 Å². The Kier molecular flexibility index (Phi) is 4.59. The second kappa shape index (κ2) is 7.46. The molecule has 0 spiro atoms. The fourth-order valence-corrected chi connectivity index (χ4v) is 3.97. The molecule has 0 saturated carbocycles. The molecule has 1 atom stereocenters. The number of anilines is 1. The lowest BCUT2D eigenvalue weighted by molar-refractivity contribution is -0.119. The molecule has 3 amide bonds. The molecule has 0 saturated heterocycles. The van der Waals surface area contributed by atoms with Crippen LogP contribution in [0.5, 0.6) is 0 Å². The van der Waals surface area contributed by atoms with E-state index in [0.29, 0.717) is 16.8 Å². The SMILES string of the molecule is Cc1cccn2cc(-c3cccc(NC(=O)[C@H](C)N4C(=O)c5ccccc5C4=O)c3)nc12. The van der Waals surface area contributed by atoms with Crippen molar-refractivity contribution in [2.75, 3.05) is 5.32 Å². The second-order valence-electron chi connectivity index (χ2n) is 7.82. The number of hydrogen-bond donors (Lipinski definition) is 1. The average molecular weight is 424 g/mol. The summed E-state index contributed by atoms with van der Waals surface area (Å²) in [6.07, 6.45) is 3.87. The molecule has 0 fully saturated rings. The van der Waals surface area contributed by atoms with Gasteiger partial charge in [0.25, 0.3) is 11.8 Å².